The van der Waals surface area contributed by atoms with Gasteiger partial charge in [-0.2, -0.15) is 0 Å². The smallest absolute Gasteiger partial charge is 0.255 e. The molecule has 196 valence electrons. The fraction of sp³-hybridized carbons (Fsp3) is 0.615. The van der Waals surface area contributed by atoms with E-state index >= 15 is 0 Å². The van der Waals surface area contributed by atoms with E-state index in [4.69, 9.17) is 4.74 Å². The van der Waals surface area contributed by atoms with E-state index < -0.39 is 29.8 Å². The predicted molar refractivity (Wildman–Crippen MR) is 133 cm³/mol. The van der Waals surface area contributed by atoms with Crippen molar-refractivity contribution in [3.05, 3.63) is 29.8 Å². The Labute approximate surface area is 212 Å². The van der Waals surface area contributed by atoms with Gasteiger partial charge in [-0.3, -0.25) is 19.2 Å². The average molecular weight is 500 g/mol. The highest BCUT2D eigenvalue weighted by atomic mass is 16.5. The molecular weight excluding hydrogens is 462 g/mol. The van der Waals surface area contributed by atoms with Crippen molar-refractivity contribution in [3.63, 3.8) is 0 Å². The van der Waals surface area contributed by atoms with Gasteiger partial charge in [-0.25, -0.2) is 0 Å². The summed E-state index contributed by atoms with van der Waals surface area (Å²) in [5, 5.41) is 8.30. The molecule has 3 N–H and O–H groups in total. The van der Waals surface area contributed by atoms with Gasteiger partial charge in [0.25, 0.3) is 5.91 Å². The zero-order valence-corrected chi connectivity index (χ0v) is 21.0. The molecule has 0 aliphatic carbocycles. The van der Waals surface area contributed by atoms with Crippen LogP contribution in [0.3, 0.4) is 0 Å². The Hall–Kier alpha value is -3.14. The van der Waals surface area contributed by atoms with Gasteiger partial charge < -0.3 is 30.5 Å². The Balaban J connectivity index is 1.50. The molecule has 3 aliphatic rings. The summed E-state index contributed by atoms with van der Waals surface area (Å²) in [5.41, 5.74) is 0.283. The molecule has 4 rings (SSSR count). The summed E-state index contributed by atoms with van der Waals surface area (Å²) in [6.07, 6.45) is 4.91. The Morgan fingerprint density at radius 2 is 1.83 bits per heavy atom. The van der Waals surface area contributed by atoms with Crippen molar-refractivity contribution < 1.29 is 23.9 Å². The standard InChI is InChI=1S/C26H37N5O5/c1-18-26(35)31-14-7-8-19(31)17-36-22-10-4-3-9-20(22)24(33)29-21(16-23(32)28-18)25(34)27-11-15-30-12-5-2-6-13-30/h3-4,9-10,18-19,21H,2,5-8,11-17H2,1H3,(H,27,34)(H,28,32)(H,29,33)/t18-,19+,21-/m0/s1. The van der Waals surface area contributed by atoms with Gasteiger partial charge >= 0.3 is 0 Å². The number of nitrogens with one attached hydrogen (secondary N) is 3. The molecule has 0 unspecified atom stereocenters. The number of hydrogen-bond donors (Lipinski definition) is 3. The first-order valence-corrected chi connectivity index (χ1v) is 13.0. The highest BCUT2D eigenvalue weighted by Crippen LogP contribution is 2.23. The van der Waals surface area contributed by atoms with Crippen LogP contribution in [0.1, 0.15) is 55.8 Å². The number of likely N-dealkylation sites (tertiary alicyclic amines) is 1. The summed E-state index contributed by atoms with van der Waals surface area (Å²) in [6.45, 7) is 5.66. The number of hydrogen-bond acceptors (Lipinski definition) is 6. The third kappa shape index (κ3) is 6.54. The highest BCUT2D eigenvalue weighted by Gasteiger charge is 2.34. The Morgan fingerprint density at radius 3 is 2.64 bits per heavy atom. The Bertz CT molecular complexity index is 964. The van der Waals surface area contributed by atoms with Crippen LogP contribution >= 0.6 is 0 Å². The number of nitrogens with zero attached hydrogens (tertiary/aromatic N) is 2. The molecule has 36 heavy (non-hydrogen) atoms. The number of fused-ring (bicyclic) bond motifs is 2. The molecule has 0 aromatic heterocycles. The summed E-state index contributed by atoms with van der Waals surface area (Å²) in [4.78, 5) is 56.2. The fourth-order valence-electron chi connectivity index (χ4n) is 5.15. The molecule has 0 bridgehead atoms. The third-order valence-electron chi connectivity index (χ3n) is 7.16. The van der Waals surface area contributed by atoms with Crippen LogP contribution in [0, 0.1) is 0 Å². The van der Waals surface area contributed by atoms with Crippen molar-refractivity contribution in [3.8, 4) is 5.75 Å². The SMILES string of the molecule is C[C@@H]1NC(=O)C[C@@H](C(=O)NCCN2CCCCC2)NC(=O)c2ccccc2OC[C@H]2CCCN2C1=O. The largest absolute Gasteiger partial charge is 0.491 e. The second kappa shape index (κ2) is 12.2. The van der Waals surface area contributed by atoms with E-state index in [-0.39, 0.29) is 30.5 Å². The number of carbonyl (C=O) groups excluding carboxylic acids is 4. The third-order valence-corrected chi connectivity index (χ3v) is 7.16. The molecule has 0 spiro atoms. The summed E-state index contributed by atoms with van der Waals surface area (Å²) in [6, 6.07) is 4.86. The molecule has 10 heteroatoms. The summed E-state index contributed by atoms with van der Waals surface area (Å²) in [7, 11) is 0. The van der Waals surface area contributed by atoms with E-state index in [9.17, 15) is 19.2 Å². The Morgan fingerprint density at radius 1 is 1.06 bits per heavy atom. The first kappa shape index (κ1) is 25.9. The lowest BCUT2D eigenvalue weighted by Crippen LogP contribution is -2.53. The minimum atomic E-state index is -1.09. The molecule has 3 aliphatic heterocycles. The molecule has 2 fully saturated rings. The number of carbonyl (C=O) groups is 4. The zero-order valence-electron chi connectivity index (χ0n) is 21.0. The number of rotatable bonds is 4. The summed E-state index contributed by atoms with van der Waals surface area (Å²) in [5.74, 6) is -1.18. The van der Waals surface area contributed by atoms with Crippen LogP contribution in [0.4, 0.5) is 0 Å². The quantitative estimate of drug-likeness (QED) is 0.560. The van der Waals surface area contributed by atoms with Crippen LogP contribution in [0.15, 0.2) is 24.3 Å². The van der Waals surface area contributed by atoms with Crippen molar-refractivity contribution in [1.82, 2.24) is 25.8 Å². The lowest BCUT2D eigenvalue weighted by atomic mass is 10.1. The minimum Gasteiger partial charge on any atom is -0.491 e. The second-order valence-electron chi connectivity index (χ2n) is 9.85. The number of amides is 4. The van der Waals surface area contributed by atoms with E-state index in [1.54, 1.807) is 36.1 Å². The van der Waals surface area contributed by atoms with E-state index in [2.05, 4.69) is 20.9 Å². The van der Waals surface area contributed by atoms with Crippen LogP contribution in [-0.2, 0) is 14.4 Å². The zero-order chi connectivity index (χ0) is 25.5. The molecule has 10 nitrogen and oxygen atoms in total. The normalized spacial score (nSPS) is 26.1. The highest BCUT2D eigenvalue weighted by molar-refractivity contribution is 6.01. The van der Waals surface area contributed by atoms with Gasteiger partial charge in [0.2, 0.25) is 17.7 Å². The van der Waals surface area contributed by atoms with Crippen LogP contribution < -0.4 is 20.7 Å². The van der Waals surface area contributed by atoms with Gasteiger partial charge in [0.05, 0.1) is 18.0 Å². The number of para-hydroxylation sites is 1. The first-order valence-electron chi connectivity index (χ1n) is 13.0. The van der Waals surface area contributed by atoms with E-state index in [0.29, 0.717) is 18.8 Å². The van der Waals surface area contributed by atoms with Crippen LogP contribution in [0.25, 0.3) is 0 Å². The van der Waals surface area contributed by atoms with Crippen LogP contribution in [-0.4, -0.2) is 90.9 Å². The molecule has 3 heterocycles. The van der Waals surface area contributed by atoms with Crippen molar-refractivity contribution in [2.45, 2.75) is 63.6 Å². The van der Waals surface area contributed by atoms with Gasteiger partial charge in [0.15, 0.2) is 0 Å². The number of ether oxygens (including phenoxy) is 1. The van der Waals surface area contributed by atoms with E-state index in [1.165, 1.54) is 6.42 Å². The van der Waals surface area contributed by atoms with Gasteiger partial charge in [-0.1, -0.05) is 18.6 Å². The van der Waals surface area contributed by atoms with Gasteiger partial charge in [-0.05, 0) is 57.8 Å². The molecule has 1 aromatic carbocycles. The molecule has 1 aromatic rings. The summed E-state index contributed by atoms with van der Waals surface area (Å²) >= 11 is 0. The fourth-order valence-corrected chi connectivity index (χ4v) is 5.15. The monoisotopic (exact) mass is 499 g/mol. The predicted octanol–water partition coefficient (Wildman–Crippen LogP) is 0.665. The van der Waals surface area contributed by atoms with Crippen LogP contribution in [0.2, 0.25) is 0 Å². The van der Waals surface area contributed by atoms with Crippen LogP contribution in [0.5, 0.6) is 5.75 Å². The first-order chi connectivity index (χ1) is 17.4. The number of piperidine rings is 1. The van der Waals surface area contributed by atoms with Crippen molar-refractivity contribution in [2.24, 2.45) is 0 Å². The maximum absolute atomic E-state index is 13.2. The molecule has 3 atom stereocenters. The van der Waals surface area contributed by atoms with Crippen molar-refractivity contribution in [1.29, 1.82) is 0 Å². The molecule has 0 radical (unpaired) electrons. The molecule has 0 saturated carbocycles. The maximum atomic E-state index is 13.2. The topological polar surface area (TPSA) is 120 Å². The summed E-state index contributed by atoms with van der Waals surface area (Å²) < 4.78 is 6.00. The van der Waals surface area contributed by atoms with Crippen molar-refractivity contribution in [2.75, 3.05) is 39.3 Å². The molecule has 2 saturated heterocycles. The van der Waals surface area contributed by atoms with Gasteiger partial charge in [0.1, 0.15) is 24.4 Å². The number of benzene rings is 1. The van der Waals surface area contributed by atoms with Gasteiger partial charge in [-0.15, -0.1) is 0 Å². The Kier molecular flexibility index (Phi) is 8.79. The average Bonchev–Trinajstić information content (AvgIpc) is 3.35. The minimum absolute atomic E-state index is 0.130. The lowest BCUT2D eigenvalue weighted by molar-refractivity contribution is -0.137. The van der Waals surface area contributed by atoms with E-state index in [0.717, 1.165) is 45.3 Å². The molecule has 4 amide bonds. The van der Waals surface area contributed by atoms with E-state index in [1.807, 2.05) is 0 Å². The van der Waals surface area contributed by atoms with Gasteiger partial charge in [0, 0.05) is 19.6 Å². The lowest BCUT2D eigenvalue weighted by Gasteiger charge is -2.29. The second-order valence-corrected chi connectivity index (χ2v) is 9.85. The molecular formula is C26H37N5O5. The maximum Gasteiger partial charge on any atom is 0.255 e. The van der Waals surface area contributed by atoms with Crippen molar-refractivity contribution >= 4 is 23.6 Å².